The van der Waals surface area contributed by atoms with Crippen LogP contribution in [0.5, 0.6) is 0 Å². The number of aromatic nitrogens is 3. The van der Waals surface area contributed by atoms with Crippen LogP contribution in [0.15, 0.2) is 205 Å². The van der Waals surface area contributed by atoms with Crippen LogP contribution in [0, 0.1) is 0 Å². The number of hydrogen-bond donors (Lipinski definition) is 0. The zero-order valence-electron chi connectivity index (χ0n) is 30.8. The van der Waals surface area contributed by atoms with Crippen LogP contribution in [-0.2, 0) is 0 Å². The van der Waals surface area contributed by atoms with Crippen molar-refractivity contribution in [3.8, 4) is 67.4 Å². The molecule has 0 fully saturated rings. The molecule has 8 aromatic carbocycles. The Morgan fingerprint density at radius 2 is 0.842 bits per heavy atom. The highest BCUT2D eigenvalue weighted by Gasteiger charge is 2.21. The molecule has 3 heterocycles. The molecule has 0 saturated carbocycles. The van der Waals surface area contributed by atoms with Crippen LogP contribution in [0.25, 0.3) is 111 Å². The third-order valence-electron chi connectivity index (χ3n) is 10.9. The molecule has 0 N–H and O–H groups in total. The summed E-state index contributed by atoms with van der Waals surface area (Å²) in [6.45, 7) is 0. The van der Waals surface area contributed by atoms with Gasteiger partial charge in [0.05, 0.1) is 22.6 Å². The largest absolute Gasteiger partial charge is 0.455 e. The topological polar surface area (TPSA) is 51.8 Å². The summed E-state index contributed by atoms with van der Waals surface area (Å²) in [5, 5.41) is 5.59. The molecule has 0 bridgehead atoms. The number of pyridine rings is 1. The van der Waals surface area contributed by atoms with Crippen LogP contribution in [0.2, 0.25) is 0 Å². The molecule has 3 aromatic heterocycles. The molecular formula is C53H33N3O. The minimum absolute atomic E-state index is 0.707. The van der Waals surface area contributed by atoms with Gasteiger partial charge in [0.2, 0.25) is 0 Å². The summed E-state index contributed by atoms with van der Waals surface area (Å²) in [6, 6.07) is 69.5. The number of benzene rings is 8. The van der Waals surface area contributed by atoms with E-state index >= 15 is 0 Å². The summed E-state index contributed by atoms with van der Waals surface area (Å²) in [4.78, 5) is 15.2. The second kappa shape index (κ2) is 13.6. The Hall–Kier alpha value is -7.69. The minimum Gasteiger partial charge on any atom is -0.455 e. The fourth-order valence-electron chi connectivity index (χ4n) is 8.10. The van der Waals surface area contributed by atoms with Crippen molar-refractivity contribution in [1.29, 1.82) is 0 Å². The van der Waals surface area contributed by atoms with Gasteiger partial charge in [-0.2, -0.15) is 0 Å². The lowest BCUT2D eigenvalue weighted by atomic mass is 9.91. The van der Waals surface area contributed by atoms with Crippen molar-refractivity contribution >= 4 is 43.6 Å². The van der Waals surface area contributed by atoms with Gasteiger partial charge in [0.25, 0.3) is 0 Å². The molecule has 0 spiro atoms. The van der Waals surface area contributed by atoms with Gasteiger partial charge in [-0.25, -0.2) is 15.0 Å². The number of para-hydroxylation sites is 2. The van der Waals surface area contributed by atoms with E-state index in [0.29, 0.717) is 5.82 Å². The Kier molecular flexibility index (Phi) is 7.78. The number of fused-ring (bicyclic) bond motifs is 7. The fraction of sp³-hybridized carbons (Fsp3) is 0. The highest BCUT2D eigenvalue weighted by Crippen LogP contribution is 2.45. The summed E-state index contributed by atoms with van der Waals surface area (Å²) in [7, 11) is 0. The molecule has 11 rings (SSSR count). The van der Waals surface area contributed by atoms with Crippen LogP contribution in [0.4, 0.5) is 0 Å². The molecule has 0 atom stereocenters. The first-order chi connectivity index (χ1) is 28.2. The maximum Gasteiger partial charge on any atom is 0.160 e. The Labute approximate surface area is 329 Å². The van der Waals surface area contributed by atoms with Crippen molar-refractivity contribution in [2.45, 2.75) is 0 Å². The summed E-state index contributed by atoms with van der Waals surface area (Å²) in [6.07, 6.45) is 0. The van der Waals surface area contributed by atoms with E-state index in [2.05, 4.69) is 158 Å². The summed E-state index contributed by atoms with van der Waals surface area (Å²) < 4.78 is 6.75. The molecule has 0 aliphatic heterocycles. The fourth-order valence-corrected chi connectivity index (χ4v) is 8.10. The highest BCUT2D eigenvalue weighted by atomic mass is 16.3. The molecule has 0 aliphatic rings. The van der Waals surface area contributed by atoms with Gasteiger partial charge >= 0.3 is 0 Å². The van der Waals surface area contributed by atoms with Gasteiger partial charge in [-0.05, 0) is 41.0 Å². The van der Waals surface area contributed by atoms with Crippen LogP contribution >= 0.6 is 0 Å². The third-order valence-corrected chi connectivity index (χ3v) is 10.9. The van der Waals surface area contributed by atoms with E-state index in [4.69, 9.17) is 19.4 Å². The molecule has 0 unspecified atom stereocenters. The van der Waals surface area contributed by atoms with Crippen molar-refractivity contribution in [3.05, 3.63) is 200 Å². The van der Waals surface area contributed by atoms with Crippen molar-refractivity contribution in [1.82, 2.24) is 15.0 Å². The first kappa shape index (κ1) is 32.7. The van der Waals surface area contributed by atoms with Crippen LogP contribution in [0.3, 0.4) is 0 Å². The average molecular weight is 728 g/mol. The van der Waals surface area contributed by atoms with Crippen LogP contribution in [0.1, 0.15) is 0 Å². The van der Waals surface area contributed by atoms with E-state index in [-0.39, 0.29) is 0 Å². The lowest BCUT2D eigenvalue weighted by Gasteiger charge is -2.14. The summed E-state index contributed by atoms with van der Waals surface area (Å²) in [5.41, 5.74) is 14.0. The second-order valence-electron chi connectivity index (χ2n) is 14.3. The van der Waals surface area contributed by atoms with Gasteiger partial charge in [-0.15, -0.1) is 0 Å². The van der Waals surface area contributed by atoms with E-state index in [1.807, 2.05) is 42.5 Å². The Balaban J connectivity index is 1.02. The maximum atomic E-state index is 6.75. The van der Waals surface area contributed by atoms with Gasteiger partial charge < -0.3 is 4.42 Å². The van der Waals surface area contributed by atoms with E-state index < -0.39 is 0 Å². The number of hydrogen-bond acceptors (Lipinski definition) is 4. The molecule has 0 radical (unpaired) electrons. The molecule has 4 heteroatoms. The van der Waals surface area contributed by atoms with E-state index in [9.17, 15) is 0 Å². The highest BCUT2D eigenvalue weighted by molar-refractivity contribution is 6.30. The average Bonchev–Trinajstić information content (AvgIpc) is 3.69. The Morgan fingerprint density at radius 1 is 0.333 bits per heavy atom. The molecular weight excluding hydrogens is 695 g/mol. The van der Waals surface area contributed by atoms with Gasteiger partial charge in [0.15, 0.2) is 5.82 Å². The predicted molar refractivity (Wildman–Crippen MR) is 235 cm³/mol. The maximum absolute atomic E-state index is 6.75. The second-order valence-corrected chi connectivity index (χ2v) is 14.3. The Bertz CT molecular complexity index is 3190. The lowest BCUT2D eigenvalue weighted by Crippen LogP contribution is -1.95. The van der Waals surface area contributed by atoms with Gasteiger partial charge in [0, 0.05) is 54.7 Å². The molecule has 57 heavy (non-hydrogen) atoms. The number of furan rings is 1. The third kappa shape index (κ3) is 5.74. The van der Waals surface area contributed by atoms with Crippen LogP contribution in [-0.4, -0.2) is 15.0 Å². The summed E-state index contributed by atoms with van der Waals surface area (Å²) in [5.74, 6) is 0.707. The van der Waals surface area contributed by atoms with E-state index in [1.54, 1.807) is 0 Å². The van der Waals surface area contributed by atoms with Gasteiger partial charge in [-0.3, -0.25) is 0 Å². The normalized spacial score (nSPS) is 11.5. The molecule has 11 aromatic rings. The summed E-state index contributed by atoms with van der Waals surface area (Å²) >= 11 is 0. The van der Waals surface area contributed by atoms with Crippen molar-refractivity contribution < 1.29 is 4.42 Å². The van der Waals surface area contributed by atoms with Gasteiger partial charge in [-0.1, -0.05) is 176 Å². The predicted octanol–water partition coefficient (Wildman–Crippen LogP) is 14.1. The monoisotopic (exact) mass is 727 g/mol. The van der Waals surface area contributed by atoms with E-state index in [0.717, 1.165) is 105 Å². The molecule has 0 amide bonds. The zero-order chi connectivity index (χ0) is 37.7. The molecule has 0 aliphatic carbocycles. The Morgan fingerprint density at radius 3 is 1.51 bits per heavy atom. The van der Waals surface area contributed by atoms with E-state index in [1.165, 1.54) is 0 Å². The first-order valence-electron chi connectivity index (χ1n) is 19.2. The van der Waals surface area contributed by atoms with Gasteiger partial charge in [0.1, 0.15) is 11.2 Å². The van der Waals surface area contributed by atoms with Crippen molar-refractivity contribution in [2.24, 2.45) is 0 Å². The minimum atomic E-state index is 0.707. The standard InChI is InChI=1S/C53H33N3O/c1-4-14-37(15-5-1)46-33-47(56-53(55-46)40-18-8-3-9-19-40)38-30-26-35(27-31-38)34-24-28-36(29-25-34)43-32-44-49(50-42-21-11-13-23-48(42)57-52(43)50)41-20-10-12-22-45(41)54-51(44)39-16-6-2-7-17-39/h1-33H. The quantitative estimate of drug-likeness (QED) is 0.160. The number of nitrogens with zero attached hydrogens (tertiary/aromatic N) is 3. The molecule has 266 valence electrons. The van der Waals surface area contributed by atoms with Crippen LogP contribution < -0.4 is 0 Å². The SMILES string of the molecule is c1ccc(-c2cc(-c3ccc(-c4ccc(-c5cc6c(-c7ccccc7)nc7ccccc7c6c6c5oc5ccccc56)cc4)cc3)nc(-c3ccccc3)n2)cc1. The smallest absolute Gasteiger partial charge is 0.160 e. The van der Waals surface area contributed by atoms with Crippen molar-refractivity contribution in [2.75, 3.05) is 0 Å². The molecule has 0 saturated heterocycles. The molecule has 4 nitrogen and oxygen atoms in total. The number of rotatable bonds is 6. The zero-order valence-corrected chi connectivity index (χ0v) is 30.8. The lowest BCUT2D eigenvalue weighted by molar-refractivity contribution is 0.670. The van der Waals surface area contributed by atoms with Crippen molar-refractivity contribution in [3.63, 3.8) is 0 Å². The first-order valence-corrected chi connectivity index (χ1v) is 19.2.